The lowest BCUT2D eigenvalue weighted by Gasteiger charge is -2.28. The summed E-state index contributed by atoms with van der Waals surface area (Å²) in [7, 11) is 0. The van der Waals surface area contributed by atoms with Crippen molar-refractivity contribution in [1.29, 1.82) is 0 Å². The summed E-state index contributed by atoms with van der Waals surface area (Å²) < 4.78 is 7.45. The van der Waals surface area contributed by atoms with Crippen LogP contribution < -0.4 is 5.32 Å². The molecule has 1 aliphatic heterocycles. The smallest absolute Gasteiger partial charge is 0.0648 e. The van der Waals surface area contributed by atoms with Crippen molar-refractivity contribution in [3.63, 3.8) is 0 Å². The van der Waals surface area contributed by atoms with Gasteiger partial charge in [-0.05, 0) is 76.3 Å². The minimum absolute atomic E-state index is 0.572. The summed E-state index contributed by atoms with van der Waals surface area (Å²) in [5, 5.41) is 8.23. The fourth-order valence-corrected chi connectivity index (χ4v) is 3.52. The first-order valence-corrected chi connectivity index (χ1v) is 9.07. The van der Waals surface area contributed by atoms with Gasteiger partial charge in [-0.1, -0.05) is 12.1 Å². The number of ether oxygens (including phenoxy) is 1. The summed E-state index contributed by atoms with van der Waals surface area (Å²) in [4.78, 5) is 0. The highest BCUT2D eigenvalue weighted by atomic mass is 16.5. The molecule has 130 valence electrons. The van der Waals surface area contributed by atoms with Gasteiger partial charge in [0.15, 0.2) is 0 Å². The first-order chi connectivity index (χ1) is 11.6. The molecule has 0 spiro atoms. The van der Waals surface area contributed by atoms with E-state index in [-0.39, 0.29) is 0 Å². The normalized spacial score (nSPS) is 17.1. The molecular weight excluding hydrogens is 298 g/mol. The number of aromatic nitrogens is 2. The number of nitrogens with zero attached hydrogens (tertiary/aromatic N) is 2. The number of rotatable bonds is 6. The first-order valence-electron chi connectivity index (χ1n) is 9.07. The summed E-state index contributed by atoms with van der Waals surface area (Å²) in [6, 6.07) is 11.4. The fourth-order valence-electron chi connectivity index (χ4n) is 3.52. The lowest BCUT2D eigenvalue weighted by Crippen LogP contribution is -2.37. The number of hydrogen-bond donors (Lipinski definition) is 1. The number of aryl methyl sites for hydroxylation is 2. The van der Waals surface area contributed by atoms with E-state index < -0.39 is 0 Å². The van der Waals surface area contributed by atoms with Crippen LogP contribution in [0.4, 0.5) is 0 Å². The van der Waals surface area contributed by atoms with Gasteiger partial charge in [0.25, 0.3) is 0 Å². The Balaban J connectivity index is 1.50. The molecule has 2 heterocycles. The average molecular weight is 327 g/mol. The molecule has 1 fully saturated rings. The highest BCUT2D eigenvalue weighted by Gasteiger charge is 2.19. The molecule has 1 saturated heterocycles. The van der Waals surface area contributed by atoms with Gasteiger partial charge >= 0.3 is 0 Å². The van der Waals surface area contributed by atoms with Gasteiger partial charge in [0.2, 0.25) is 0 Å². The maximum atomic E-state index is 5.45. The van der Waals surface area contributed by atoms with E-state index in [1.807, 2.05) is 11.6 Å². The molecular formula is C20H29N3O. The minimum Gasteiger partial charge on any atom is -0.381 e. The van der Waals surface area contributed by atoms with Crippen LogP contribution in [0.2, 0.25) is 0 Å². The Morgan fingerprint density at radius 1 is 1.21 bits per heavy atom. The van der Waals surface area contributed by atoms with Crippen molar-refractivity contribution in [2.24, 2.45) is 5.92 Å². The summed E-state index contributed by atoms with van der Waals surface area (Å²) in [5.74, 6) is 0.757. The topological polar surface area (TPSA) is 39.1 Å². The van der Waals surface area contributed by atoms with Gasteiger partial charge in [-0.25, -0.2) is 4.68 Å². The van der Waals surface area contributed by atoms with Crippen LogP contribution in [0.3, 0.4) is 0 Å². The van der Waals surface area contributed by atoms with E-state index in [2.05, 4.69) is 54.6 Å². The van der Waals surface area contributed by atoms with Crippen molar-refractivity contribution in [3.05, 3.63) is 47.3 Å². The second-order valence-electron chi connectivity index (χ2n) is 6.95. The van der Waals surface area contributed by atoms with Gasteiger partial charge in [0.1, 0.15) is 0 Å². The quantitative estimate of drug-likeness (QED) is 0.883. The van der Waals surface area contributed by atoms with E-state index in [1.165, 1.54) is 24.1 Å². The Morgan fingerprint density at radius 3 is 2.54 bits per heavy atom. The van der Waals surface area contributed by atoms with Gasteiger partial charge in [0.05, 0.1) is 11.4 Å². The molecule has 2 aromatic rings. The summed E-state index contributed by atoms with van der Waals surface area (Å²) in [6.45, 7) is 9.30. The molecule has 1 aromatic carbocycles. The lowest BCUT2D eigenvalue weighted by atomic mass is 9.93. The van der Waals surface area contributed by atoms with Crippen molar-refractivity contribution in [1.82, 2.24) is 15.1 Å². The minimum atomic E-state index is 0.572. The van der Waals surface area contributed by atoms with E-state index in [0.29, 0.717) is 6.04 Å². The van der Waals surface area contributed by atoms with Crippen LogP contribution in [-0.2, 0) is 11.2 Å². The van der Waals surface area contributed by atoms with E-state index in [1.54, 1.807) is 0 Å². The van der Waals surface area contributed by atoms with Crippen molar-refractivity contribution in [2.45, 2.75) is 46.1 Å². The third kappa shape index (κ3) is 4.25. The summed E-state index contributed by atoms with van der Waals surface area (Å²) in [6.07, 6.45) is 3.43. The molecule has 0 saturated carbocycles. The Labute approximate surface area is 145 Å². The number of nitrogens with one attached hydrogen (secondary N) is 1. The zero-order valence-corrected chi connectivity index (χ0v) is 15.1. The van der Waals surface area contributed by atoms with Crippen molar-refractivity contribution >= 4 is 0 Å². The molecule has 1 aromatic heterocycles. The number of hydrogen-bond acceptors (Lipinski definition) is 3. The molecule has 1 N–H and O–H groups in total. The third-order valence-electron chi connectivity index (χ3n) is 5.04. The third-order valence-corrected chi connectivity index (χ3v) is 5.04. The van der Waals surface area contributed by atoms with E-state index in [9.17, 15) is 0 Å². The van der Waals surface area contributed by atoms with E-state index in [0.717, 1.165) is 43.5 Å². The molecule has 0 bridgehead atoms. The van der Waals surface area contributed by atoms with Gasteiger partial charge in [-0.3, -0.25) is 0 Å². The second kappa shape index (κ2) is 7.95. The number of benzene rings is 1. The van der Waals surface area contributed by atoms with Crippen molar-refractivity contribution in [3.8, 4) is 5.69 Å². The molecule has 0 radical (unpaired) electrons. The van der Waals surface area contributed by atoms with E-state index in [4.69, 9.17) is 4.74 Å². The Bertz CT molecular complexity index is 641. The highest BCUT2D eigenvalue weighted by Crippen LogP contribution is 2.18. The molecule has 0 amide bonds. The maximum Gasteiger partial charge on any atom is 0.0648 e. The van der Waals surface area contributed by atoms with Gasteiger partial charge < -0.3 is 10.1 Å². The van der Waals surface area contributed by atoms with Crippen LogP contribution in [0, 0.1) is 19.8 Å². The largest absolute Gasteiger partial charge is 0.381 e. The molecule has 1 aliphatic rings. The van der Waals surface area contributed by atoms with Crippen molar-refractivity contribution < 1.29 is 4.74 Å². The van der Waals surface area contributed by atoms with Crippen LogP contribution in [0.25, 0.3) is 5.69 Å². The monoisotopic (exact) mass is 327 g/mol. The van der Waals surface area contributed by atoms with Gasteiger partial charge in [0, 0.05) is 24.9 Å². The van der Waals surface area contributed by atoms with Gasteiger partial charge in [-0.15, -0.1) is 0 Å². The first kappa shape index (κ1) is 17.2. The predicted octanol–water partition coefficient (Wildman–Crippen LogP) is 3.44. The second-order valence-corrected chi connectivity index (χ2v) is 6.95. The van der Waals surface area contributed by atoms with Crippen LogP contribution in [0.5, 0.6) is 0 Å². The van der Waals surface area contributed by atoms with Crippen LogP contribution in [-0.4, -0.2) is 35.6 Å². The van der Waals surface area contributed by atoms with E-state index >= 15 is 0 Å². The Morgan fingerprint density at radius 2 is 1.92 bits per heavy atom. The standard InChI is InChI=1S/C20H29N3O/c1-15-14-16(2)23(22-15)20-6-4-18(5-7-20)8-11-21-17(3)19-9-12-24-13-10-19/h4-7,14,17,19,21H,8-13H2,1-3H3. The predicted molar refractivity (Wildman–Crippen MR) is 97.7 cm³/mol. The Kier molecular flexibility index (Phi) is 5.69. The molecule has 1 atom stereocenters. The summed E-state index contributed by atoms with van der Waals surface area (Å²) in [5.41, 5.74) is 4.73. The SMILES string of the molecule is Cc1cc(C)n(-c2ccc(CCNC(C)C3CCOCC3)cc2)n1. The maximum absolute atomic E-state index is 5.45. The van der Waals surface area contributed by atoms with Gasteiger partial charge in [-0.2, -0.15) is 5.10 Å². The zero-order valence-electron chi connectivity index (χ0n) is 15.1. The Hall–Kier alpha value is -1.65. The highest BCUT2D eigenvalue weighted by molar-refractivity contribution is 5.36. The molecule has 24 heavy (non-hydrogen) atoms. The molecule has 4 heteroatoms. The average Bonchev–Trinajstić information content (AvgIpc) is 2.94. The molecule has 4 nitrogen and oxygen atoms in total. The fraction of sp³-hybridized carbons (Fsp3) is 0.550. The zero-order chi connectivity index (χ0) is 16.9. The van der Waals surface area contributed by atoms with Crippen LogP contribution >= 0.6 is 0 Å². The molecule has 0 aliphatic carbocycles. The van der Waals surface area contributed by atoms with Crippen molar-refractivity contribution in [2.75, 3.05) is 19.8 Å². The molecule has 1 unspecified atom stereocenters. The van der Waals surface area contributed by atoms with Crippen LogP contribution in [0.1, 0.15) is 36.7 Å². The summed E-state index contributed by atoms with van der Waals surface area (Å²) >= 11 is 0. The van der Waals surface area contributed by atoms with Crippen LogP contribution in [0.15, 0.2) is 30.3 Å². The lowest BCUT2D eigenvalue weighted by molar-refractivity contribution is 0.0561. The molecule has 3 rings (SSSR count).